The van der Waals surface area contributed by atoms with Crippen LogP contribution in [0.1, 0.15) is 57.8 Å². The van der Waals surface area contributed by atoms with E-state index in [1.54, 1.807) is 23.1 Å². The molecule has 2 heterocycles. The lowest BCUT2D eigenvalue weighted by Crippen LogP contribution is -2.42. The van der Waals surface area contributed by atoms with Crippen LogP contribution in [-0.2, 0) is 9.59 Å². The molecule has 1 saturated heterocycles. The predicted octanol–water partition coefficient (Wildman–Crippen LogP) is 3.02. The Balaban J connectivity index is 1.73. The largest absolute Gasteiger partial charge is 0.487 e. The summed E-state index contributed by atoms with van der Waals surface area (Å²) in [5.41, 5.74) is 0.220. The quantitative estimate of drug-likeness (QED) is 0.882. The summed E-state index contributed by atoms with van der Waals surface area (Å²) in [6, 6.07) is 5.10. The summed E-state index contributed by atoms with van der Waals surface area (Å²) in [5.74, 6) is -0.0476. The summed E-state index contributed by atoms with van der Waals surface area (Å²) in [6.07, 6.45) is 0.513. The maximum absolute atomic E-state index is 12.6. The van der Waals surface area contributed by atoms with Gasteiger partial charge < -0.3 is 15.0 Å². The zero-order valence-corrected chi connectivity index (χ0v) is 16.0. The standard InChI is InChI=1S/C20H26N2O4/c1-19(2,3)22-11-12(8-17(22)24)18(25)21-13-6-7-16-14(9-13)15(23)10-20(4,5)26-16/h6-7,9,12H,8,10-11H2,1-5H3,(H,21,25). The Morgan fingerprint density at radius 1 is 1.27 bits per heavy atom. The number of likely N-dealkylation sites (tertiary alicyclic amines) is 1. The van der Waals surface area contributed by atoms with E-state index in [9.17, 15) is 14.4 Å². The molecule has 1 unspecified atom stereocenters. The second-order valence-corrected chi connectivity index (χ2v) is 8.74. The highest BCUT2D eigenvalue weighted by Gasteiger charge is 2.39. The Kier molecular flexibility index (Phi) is 4.33. The van der Waals surface area contributed by atoms with Gasteiger partial charge in [-0.3, -0.25) is 14.4 Å². The van der Waals surface area contributed by atoms with Crippen LogP contribution in [0.4, 0.5) is 5.69 Å². The third-order valence-corrected chi connectivity index (χ3v) is 4.83. The molecule has 0 radical (unpaired) electrons. The number of ketones is 1. The molecule has 0 aromatic heterocycles. The molecule has 1 aromatic carbocycles. The van der Waals surface area contributed by atoms with Crippen molar-refractivity contribution in [1.82, 2.24) is 4.90 Å². The maximum atomic E-state index is 12.6. The Bertz CT molecular complexity index is 777. The molecule has 1 N–H and O–H groups in total. The SMILES string of the molecule is CC1(C)CC(=O)c2cc(NC(=O)C3CC(=O)N(C(C)(C)C)C3)ccc2O1. The molecule has 0 aliphatic carbocycles. The van der Waals surface area contributed by atoms with Gasteiger partial charge in [-0.1, -0.05) is 0 Å². The molecule has 0 bridgehead atoms. The Hall–Kier alpha value is -2.37. The minimum atomic E-state index is -0.518. The van der Waals surface area contributed by atoms with Crippen LogP contribution < -0.4 is 10.1 Å². The van der Waals surface area contributed by atoms with Crippen molar-refractivity contribution >= 4 is 23.3 Å². The Morgan fingerprint density at radius 2 is 1.96 bits per heavy atom. The minimum absolute atomic E-state index is 0.00213. The van der Waals surface area contributed by atoms with Gasteiger partial charge in [-0.05, 0) is 52.8 Å². The van der Waals surface area contributed by atoms with Crippen molar-refractivity contribution in [1.29, 1.82) is 0 Å². The fourth-order valence-electron chi connectivity index (χ4n) is 3.51. The van der Waals surface area contributed by atoms with E-state index in [4.69, 9.17) is 4.74 Å². The smallest absolute Gasteiger partial charge is 0.229 e. The number of hydrogen-bond donors (Lipinski definition) is 1. The fraction of sp³-hybridized carbons (Fsp3) is 0.550. The number of carbonyl (C=O) groups excluding carboxylic acids is 3. The van der Waals surface area contributed by atoms with Crippen LogP contribution in [0.25, 0.3) is 0 Å². The van der Waals surface area contributed by atoms with Gasteiger partial charge in [0.1, 0.15) is 11.4 Å². The van der Waals surface area contributed by atoms with Crippen LogP contribution in [0.2, 0.25) is 0 Å². The number of hydrogen-bond acceptors (Lipinski definition) is 4. The number of nitrogens with one attached hydrogen (secondary N) is 1. The van der Waals surface area contributed by atoms with Crippen molar-refractivity contribution < 1.29 is 19.1 Å². The molecule has 2 aliphatic heterocycles. The summed E-state index contributed by atoms with van der Waals surface area (Å²) >= 11 is 0. The molecule has 6 nitrogen and oxygen atoms in total. The average Bonchev–Trinajstić information content (AvgIpc) is 2.89. The summed E-state index contributed by atoms with van der Waals surface area (Å²) < 4.78 is 5.83. The number of Topliss-reactive ketones (excluding diaryl/α,β-unsaturated/α-hetero) is 1. The highest BCUT2D eigenvalue weighted by Crippen LogP contribution is 2.35. The Morgan fingerprint density at radius 3 is 2.58 bits per heavy atom. The number of fused-ring (bicyclic) bond motifs is 1. The molecule has 2 amide bonds. The summed E-state index contributed by atoms with van der Waals surface area (Å²) in [6.45, 7) is 10.0. The first kappa shape index (κ1) is 18.4. The predicted molar refractivity (Wildman–Crippen MR) is 98.3 cm³/mol. The van der Waals surface area contributed by atoms with Crippen molar-refractivity contribution in [2.45, 2.75) is 58.6 Å². The van der Waals surface area contributed by atoms with Crippen molar-refractivity contribution in [3.8, 4) is 5.75 Å². The fourth-order valence-corrected chi connectivity index (χ4v) is 3.51. The molecule has 1 atom stereocenters. The molecular formula is C20H26N2O4. The number of ether oxygens (including phenoxy) is 1. The molecule has 140 valence electrons. The molecule has 26 heavy (non-hydrogen) atoms. The van der Waals surface area contributed by atoms with E-state index in [1.165, 1.54) is 0 Å². The first-order valence-electron chi connectivity index (χ1n) is 8.94. The lowest BCUT2D eigenvalue weighted by Gasteiger charge is -2.32. The third-order valence-electron chi connectivity index (χ3n) is 4.83. The molecule has 2 aliphatic rings. The summed E-state index contributed by atoms with van der Waals surface area (Å²) in [7, 11) is 0. The molecular weight excluding hydrogens is 332 g/mol. The van der Waals surface area contributed by atoms with E-state index >= 15 is 0 Å². The van der Waals surface area contributed by atoms with Crippen molar-refractivity contribution in [2.75, 3.05) is 11.9 Å². The minimum Gasteiger partial charge on any atom is -0.487 e. The number of benzene rings is 1. The lowest BCUT2D eigenvalue weighted by molar-refractivity contribution is -0.131. The summed E-state index contributed by atoms with van der Waals surface area (Å²) in [4.78, 5) is 38.8. The normalized spacial score (nSPS) is 22.0. The van der Waals surface area contributed by atoms with Crippen molar-refractivity contribution in [3.05, 3.63) is 23.8 Å². The van der Waals surface area contributed by atoms with Gasteiger partial charge >= 0.3 is 0 Å². The Labute approximate surface area is 153 Å². The van der Waals surface area contributed by atoms with Crippen molar-refractivity contribution in [2.24, 2.45) is 5.92 Å². The molecule has 3 rings (SSSR count). The van der Waals surface area contributed by atoms with Crippen LogP contribution in [0, 0.1) is 5.92 Å². The van der Waals surface area contributed by atoms with Crippen LogP contribution in [0.5, 0.6) is 5.75 Å². The molecule has 1 aromatic rings. The van der Waals surface area contributed by atoms with Crippen molar-refractivity contribution in [3.63, 3.8) is 0 Å². The number of rotatable bonds is 2. The number of carbonyl (C=O) groups is 3. The van der Waals surface area contributed by atoms with Gasteiger partial charge in [-0.15, -0.1) is 0 Å². The zero-order chi connectivity index (χ0) is 19.3. The van der Waals surface area contributed by atoms with Crippen LogP contribution in [0.3, 0.4) is 0 Å². The number of amides is 2. The highest BCUT2D eigenvalue weighted by atomic mass is 16.5. The van der Waals surface area contributed by atoms with E-state index in [0.717, 1.165) is 0 Å². The van der Waals surface area contributed by atoms with E-state index in [0.29, 0.717) is 30.0 Å². The first-order chi connectivity index (χ1) is 12.0. The zero-order valence-electron chi connectivity index (χ0n) is 16.0. The van der Waals surface area contributed by atoms with Crippen LogP contribution in [-0.4, -0.2) is 40.2 Å². The highest BCUT2D eigenvalue weighted by molar-refractivity contribution is 6.03. The van der Waals surface area contributed by atoms with Gasteiger partial charge in [-0.2, -0.15) is 0 Å². The van der Waals surface area contributed by atoms with E-state index in [-0.39, 0.29) is 35.5 Å². The van der Waals surface area contributed by atoms with E-state index in [1.807, 2.05) is 34.6 Å². The second-order valence-electron chi connectivity index (χ2n) is 8.74. The first-order valence-corrected chi connectivity index (χ1v) is 8.94. The lowest BCUT2D eigenvalue weighted by atomic mass is 9.93. The van der Waals surface area contributed by atoms with Gasteiger partial charge in [0.2, 0.25) is 11.8 Å². The molecule has 0 spiro atoms. The molecule has 0 saturated carbocycles. The molecule has 1 fully saturated rings. The van der Waals surface area contributed by atoms with Gasteiger partial charge in [0, 0.05) is 24.2 Å². The third kappa shape index (κ3) is 3.59. The van der Waals surface area contributed by atoms with Crippen LogP contribution >= 0.6 is 0 Å². The number of nitrogens with zero attached hydrogens (tertiary/aromatic N) is 1. The van der Waals surface area contributed by atoms with E-state index < -0.39 is 5.60 Å². The maximum Gasteiger partial charge on any atom is 0.229 e. The van der Waals surface area contributed by atoms with E-state index in [2.05, 4.69) is 5.32 Å². The van der Waals surface area contributed by atoms with Gasteiger partial charge in [0.05, 0.1) is 17.9 Å². The second kappa shape index (κ2) is 6.11. The topological polar surface area (TPSA) is 75.7 Å². The average molecular weight is 358 g/mol. The molecule has 6 heteroatoms. The van der Waals surface area contributed by atoms with Gasteiger partial charge in [0.15, 0.2) is 5.78 Å². The summed E-state index contributed by atoms with van der Waals surface area (Å²) in [5, 5.41) is 2.84. The van der Waals surface area contributed by atoms with Gasteiger partial charge in [-0.25, -0.2) is 0 Å². The number of anilines is 1. The van der Waals surface area contributed by atoms with Crippen LogP contribution in [0.15, 0.2) is 18.2 Å². The van der Waals surface area contributed by atoms with Gasteiger partial charge in [0.25, 0.3) is 0 Å². The monoisotopic (exact) mass is 358 g/mol.